The summed E-state index contributed by atoms with van der Waals surface area (Å²) in [6.45, 7) is 4.53. The molecule has 3 nitrogen and oxygen atoms in total. The summed E-state index contributed by atoms with van der Waals surface area (Å²) < 4.78 is 0. The second-order valence-corrected chi connectivity index (χ2v) is 6.31. The molecule has 2 atom stereocenters. The summed E-state index contributed by atoms with van der Waals surface area (Å²) in [5, 5.41) is 0. The van der Waals surface area contributed by atoms with Crippen LogP contribution in [0.25, 0.3) is 0 Å². The fourth-order valence-electron chi connectivity index (χ4n) is 3.41. The molecule has 19 heavy (non-hydrogen) atoms. The first-order chi connectivity index (χ1) is 9.13. The van der Waals surface area contributed by atoms with Gasteiger partial charge in [-0.2, -0.15) is 0 Å². The second kappa shape index (κ2) is 4.64. The number of hydrogen-bond donors (Lipinski definition) is 1. The van der Waals surface area contributed by atoms with Crippen molar-refractivity contribution in [2.24, 2.45) is 11.1 Å². The van der Waals surface area contributed by atoms with Gasteiger partial charge in [0.2, 0.25) is 5.91 Å². The molecule has 2 unspecified atom stereocenters. The van der Waals surface area contributed by atoms with E-state index in [2.05, 4.69) is 25.1 Å². The van der Waals surface area contributed by atoms with E-state index >= 15 is 0 Å². The molecule has 1 fully saturated rings. The van der Waals surface area contributed by atoms with Crippen LogP contribution in [0.3, 0.4) is 0 Å². The van der Waals surface area contributed by atoms with E-state index < -0.39 is 0 Å². The molecule has 0 spiro atoms. The van der Waals surface area contributed by atoms with Crippen molar-refractivity contribution in [2.45, 2.75) is 32.1 Å². The first-order valence-electron chi connectivity index (χ1n) is 7.20. The van der Waals surface area contributed by atoms with E-state index in [4.69, 9.17) is 5.73 Å². The summed E-state index contributed by atoms with van der Waals surface area (Å²) in [6.07, 6.45) is 3.03. The summed E-state index contributed by atoms with van der Waals surface area (Å²) in [4.78, 5) is 14.7. The summed E-state index contributed by atoms with van der Waals surface area (Å²) in [6, 6.07) is 8.37. The first-order valence-corrected chi connectivity index (χ1v) is 7.20. The number of nitrogens with zero attached hydrogens (tertiary/aromatic N) is 1. The van der Waals surface area contributed by atoms with Gasteiger partial charge in [0, 0.05) is 13.1 Å². The van der Waals surface area contributed by atoms with E-state index in [0.717, 1.165) is 32.4 Å². The van der Waals surface area contributed by atoms with Crippen molar-refractivity contribution in [3.05, 3.63) is 35.4 Å². The van der Waals surface area contributed by atoms with Crippen molar-refractivity contribution in [1.82, 2.24) is 4.90 Å². The third kappa shape index (κ3) is 2.16. The molecule has 3 rings (SSSR count). The highest BCUT2D eigenvalue weighted by Gasteiger charge is 2.39. The van der Waals surface area contributed by atoms with Crippen LogP contribution in [0.2, 0.25) is 0 Å². The van der Waals surface area contributed by atoms with Crippen LogP contribution in [0.1, 0.15) is 36.8 Å². The van der Waals surface area contributed by atoms with Gasteiger partial charge in [0.1, 0.15) is 0 Å². The lowest BCUT2D eigenvalue weighted by Crippen LogP contribution is -2.36. The fraction of sp³-hybridized carbons (Fsp3) is 0.562. The molecule has 2 aliphatic rings. The average molecular weight is 258 g/mol. The highest BCUT2D eigenvalue weighted by atomic mass is 16.2. The Labute approximate surface area is 114 Å². The molecule has 1 saturated heterocycles. The zero-order valence-corrected chi connectivity index (χ0v) is 11.6. The van der Waals surface area contributed by atoms with Crippen molar-refractivity contribution >= 4 is 5.91 Å². The number of likely N-dealkylation sites (tertiary alicyclic amines) is 1. The quantitative estimate of drug-likeness (QED) is 0.881. The van der Waals surface area contributed by atoms with Crippen LogP contribution in [0, 0.1) is 5.41 Å². The predicted octanol–water partition coefficient (Wildman–Crippen LogP) is 1.91. The average Bonchev–Trinajstić information content (AvgIpc) is 3.03. The molecule has 102 valence electrons. The Morgan fingerprint density at radius 3 is 3.00 bits per heavy atom. The maximum absolute atomic E-state index is 12.7. The van der Waals surface area contributed by atoms with Crippen LogP contribution in [0.15, 0.2) is 24.3 Å². The highest BCUT2D eigenvalue weighted by molar-refractivity contribution is 5.85. The van der Waals surface area contributed by atoms with Gasteiger partial charge in [-0.15, -0.1) is 0 Å². The minimum absolute atomic E-state index is 0.0799. The van der Waals surface area contributed by atoms with Gasteiger partial charge >= 0.3 is 0 Å². The molecule has 1 amide bonds. The molecule has 0 radical (unpaired) electrons. The Kier molecular flexibility index (Phi) is 3.09. The summed E-state index contributed by atoms with van der Waals surface area (Å²) >= 11 is 0. The Balaban J connectivity index is 1.76. The van der Waals surface area contributed by atoms with Crippen LogP contribution in [0.4, 0.5) is 0 Å². The van der Waals surface area contributed by atoms with E-state index in [1.54, 1.807) is 0 Å². The number of rotatable bonds is 2. The maximum Gasteiger partial charge on any atom is 0.230 e. The molecular weight excluding hydrogens is 236 g/mol. The SMILES string of the molecule is CC1(CN)CCN(C(=O)C2CCc3ccccc32)C1. The van der Waals surface area contributed by atoms with Crippen LogP contribution >= 0.6 is 0 Å². The predicted molar refractivity (Wildman–Crippen MR) is 75.9 cm³/mol. The van der Waals surface area contributed by atoms with Gasteiger partial charge in [0.25, 0.3) is 0 Å². The van der Waals surface area contributed by atoms with Gasteiger partial charge in [0.05, 0.1) is 5.92 Å². The van der Waals surface area contributed by atoms with E-state index in [1.807, 2.05) is 11.0 Å². The number of nitrogens with two attached hydrogens (primary N) is 1. The molecule has 1 aromatic rings. The first kappa shape index (κ1) is 12.7. The minimum Gasteiger partial charge on any atom is -0.342 e. The van der Waals surface area contributed by atoms with Gasteiger partial charge in [-0.3, -0.25) is 4.79 Å². The van der Waals surface area contributed by atoms with Crippen molar-refractivity contribution < 1.29 is 4.79 Å². The van der Waals surface area contributed by atoms with Crippen LogP contribution in [-0.2, 0) is 11.2 Å². The normalized spacial score (nSPS) is 29.6. The number of hydrogen-bond acceptors (Lipinski definition) is 2. The van der Waals surface area contributed by atoms with Crippen molar-refractivity contribution in [1.29, 1.82) is 0 Å². The Hall–Kier alpha value is -1.35. The second-order valence-electron chi connectivity index (χ2n) is 6.31. The highest BCUT2D eigenvalue weighted by Crippen LogP contribution is 2.37. The molecule has 0 bridgehead atoms. The summed E-state index contributed by atoms with van der Waals surface area (Å²) in [5.41, 5.74) is 8.53. The zero-order valence-electron chi connectivity index (χ0n) is 11.6. The molecule has 1 aromatic carbocycles. The summed E-state index contributed by atoms with van der Waals surface area (Å²) in [5.74, 6) is 0.387. The molecule has 1 heterocycles. The lowest BCUT2D eigenvalue weighted by molar-refractivity contribution is -0.132. The molecule has 1 aliphatic heterocycles. The van der Waals surface area contributed by atoms with E-state index in [0.29, 0.717) is 12.5 Å². The van der Waals surface area contributed by atoms with Crippen LogP contribution < -0.4 is 5.73 Å². The fourth-order valence-corrected chi connectivity index (χ4v) is 3.41. The summed E-state index contributed by atoms with van der Waals surface area (Å²) in [7, 11) is 0. The molecule has 3 heteroatoms. The van der Waals surface area contributed by atoms with E-state index in [1.165, 1.54) is 11.1 Å². The van der Waals surface area contributed by atoms with Gasteiger partial charge in [0.15, 0.2) is 0 Å². The van der Waals surface area contributed by atoms with Gasteiger partial charge in [-0.25, -0.2) is 0 Å². The van der Waals surface area contributed by atoms with Gasteiger partial charge in [-0.05, 0) is 42.3 Å². The van der Waals surface area contributed by atoms with Crippen molar-refractivity contribution in [2.75, 3.05) is 19.6 Å². The van der Waals surface area contributed by atoms with Gasteiger partial charge < -0.3 is 10.6 Å². The number of carbonyl (C=O) groups is 1. The molecule has 1 aliphatic carbocycles. The molecule has 0 saturated carbocycles. The van der Waals surface area contributed by atoms with Crippen molar-refractivity contribution in [3.8, 4) is 0 Å². The van der Waals surface area contributed by atoms with Crippen LogP contribution in [0.5, 0.6) is 0 Å². The topological polar surface area (TPSA) is 46.3 Å². The Morgan fingerprint density at radius 1 is 1.47 bits per heavy atom. The Bertz CT molecular complexity index is 499. The minimum atomic E-state index is 0.0799. The maximum atomic E-state index is 12.7. The van der Waals surface area contributed by atoms with Crippen molar-refractivity contribution in [3.63, 3.8) is 0 Å². The van der Waals surface area contributed by atoms with E-state index in [9.17, 15) is 4.79 Å². The van der Waals surface area contributed by atoms with Crippen LogP contribution in [-0.4, -0.2) is 30.4 Å². The number of amides is 1. The largest absolute Gasteiger partial charge is 0.342 e. The lowest BCUT2D eigenvalue weighted by atomic mass is 9.90. The third-order valence-corrected chi connectivity index (χ3v) is 4.79. The standard InChI is InChI=1S/C16H22N2O/c1-16(10-17)8-9-18(11-16)15(19)14-7-6-12-4-2-3-5-13(12)14/h2-5,14H,6-11,17H2,1H3. The Morgan fingerprint density at radius 2 is 2.26 bits per heavy atom. The smallest absolute Gasteiger partial charge is 0.230 e. The monoisotopic (exact) mass is 258 g/mol. The number of carbonyl (C=O) groups excluding carboxylic acids is 1. The molecule has 0 aromatic heterocycles. The number of aryl methyl sites for hydroxylation is 1. The van der Waals surface area contributed by atoms with Gasteiger partial charge in [-0.1, -0.05) is 31.2 Å². The molecular formula is C16H22N2O. The number of fused-ring (bicyclic) bond motifs is 1. The lowest BCUT2D eigenvalue weighted by Gasteiger charge is -2.25. The number of benzene rings is 1. The third-order valence-electron chi connectivity index (χ3n) is 4.79. The molecule has 2 N–H and O–H groups in total. The van der Waals surface area contributed by atoms with E-state index in [-0.39, 0.29) is 11.3 Å². The zero-order chi connectivity index (χ0) is 13.5.